The molecule has 1 aromatic heterocycles. The van der Waals surface area contributed by atoms with Gasteiger partial charge in [-0.25, -0.2) is 9.97 Å². The first-order chi connectivity index (χ1) is 12.0. The fraction of sp³-hybridized carbons (Fsp3) is 0.400. The maximum Gasteiger partial charge on any atom is 0.222 e. The minimum Gasteiger partial charge on any atom is -0.382 e. The molecule has 0 amide bonds. The molecule has 2 aromatic rings. The quantitative estimate of drug-likeness (QED) is 0.782. The SMILES string of the molecule is CNc1nccc(CNC2=CC(c3ccc(C(C)(C)C)cc3)NC2)n1. The minimum absolute atomic E-state index is 0.188. The second kappa shape index (κ2) is 7.23. The van der Waals surface area contributed by atoms with E-state index < -0.39 is 0 Å². The topological polar surface area (TPSA) is 61.9 Å². The van der Waals surface area contributed by atoms with E-state index in [1.54, 1.807) is 6.20 Å². The van der Waals surface area contributed by atoms with Crippen LogP contribution in [-0.4, -0.2) is 23.6 Å². The van der Waals surface area contributed by atoms with E-state index in [2.05, 4.69) is 77.0 Å². The predicted molar refractivity (Wildman–Crippen MR) is 102 cm³/mol. The van der Waals surface area contributed by atoms with Crippen molar-refractivity contribution in [1.29, 1.82) is 0 Å². The van der Waals surface area contributed by atoms with Gasteiger partial charge in [0.1, 0.15) is 0 Å². The summed E-state index contributed by atoms with van der Waals surface area (Å²) in [4.78, 5) is 8.57. The molecule has 0 spiro atoms. The van der Waals surface area contributed by atoms with Crippen LogP contribution in [0.1, 0.15) is 43.6 Å². The first-order valence-electron chi connectivity index (χ1n) is 8.74. The average molecular weight is 337 g/mol. The molecule has 5 heteroatoms. The van der Waals surface area contributed by atoms with Crippen LogP contribution in [-0.2, 0) is 12.0 Å². The number of rotatable bonds is 5. The summed E-state index contributed by atoms with van der Waals surface area (Å²) in [5, 5.41) is 9.97. The summed E-state index contributed by atoms with van der Waals surface area (Å²) in [6.45, 7) is 8.26. The molecule has 132 valence electrons. The Hall–Kier alpha value is -2.40. The van der Waals surface area contributed by atoms with Gasteiger partial charge in [0.2, 0.25) is 5.95 Å². The van der Waals surface area contributed by atoms with Crippen LogP contribution in [0.5, 0.6) is 0 Å². The first kappa shape index (κ1) is 17.4. The summed E-state index contributed by atoms with van der Waals surface area (Å²) in [6, 6.07) is 11.1. The Morgan fingerprint density at radius 2 is 1.92 bits per heavy atom. The first-order valence-corrected chi connectivity index (χ1v) is 8.74. The van der Waals surface area contributed by atoms with Gasteiger partial charge in [-0.15, -0.1) is 0 Å². The monoisotopic (exact) mass is 337 g/mol. The molecular formula is C20H27N5. The second-order valence-electron chi connectivity index (χ2n) is 7.40. The zero-order valence-corrected chi connectivity index (χ0v) is 15.4. The summed E-state index contributed by atoms with van der Waals surface area (Å²) >= 11 is 0. The largest absolute Gasteiger partial charge is 0.382 e. The summed E-state index contributed by atoms with van der Waals surface area (Å²) < 4.78 is 0. The van der Waals surface area contributed by atoms with Gasteiger partial charge in [-0.3, -0.25) is 0 Å². The lowest BCUT2D eigenvalue weighted by Crippen LogP contribution is -2.20. The van der Waals surface area contributed by atoms with Crippen LogP contribution in [0.3, 0.4) is 0 Å². The summed E-state index contributed by atoms with van der Waals surface area (Å²) in [5.74, 6) is 0.648. The van der Waals surface area contributed by atoms with Crippen molar-refractivity contribution < 1.29 is 0 Å². The van der Waals surface area contributed by atoms with E-state index in [1.165, 1.54) is 16.8 Å². The average Bonchev–Trinajstić information content (AvgIpc) is 3.08. The van der Waals surface area contributed by atoms with Crippen molar-refractivity contribution >= 4 is 5.95 Å². The zero-order valence-electron chi connectivity index (χ0n) is 15.4. The van der Waals surface area contributed by atoms with Crippen molar-refractivity contribution in [3.8, 4) is 0 Å². The van der Waals surface area contributed by atoms with Crippen molar-refractivity contribution in [2.45, 2.75) is 38.8 Å². The molecule has 1 atom stereocenters. The predicted octanol–water partition coefficient (Wildman–Crippen LogP) is 3.13. The van der Waals surface area contributed by atoms with Gasteiger partial charge in [0, 0.05) is 25.5 Å². The number of nitrogens with one attached hydrogen (secondary N) is 3. The van der Waals surface area contributed by atoms with Crippen molar-refractivity contribution in [1.82, 2.24) is 20.6 Å². The van der Waals surface area contributed by atoms with E-state index in [-0.39, 0.29) is 11.5 Å². The van der Waals surface area contributed by atoms with Gasteiger partial charge in [-0.1, -0.05) is 45.0 Å². The van der Waals surface area contributed by atoms with Gasteiger partial charge in [-0.05, 0) is 28.7 Å². The van der Waals surface area contributed by atoms with Crippen LogP contribution >= 0.6 is 0 Å². The minimum atomic E-state index is 0.188. The normalized spacial score (nSPS) is 17.3. The lowest BCUT2D eigenvalue weighted by atomic mass is 9.86. The molecule has 1 aromatic carbocycles. The van der Waals surface area contributed by atoms with Crippen LogP contribution in [0.25, 0.3) is 0 Å². The standard InChI is InChI=1S/C20H27N5/c1-20(2,3)15-7-5-14(6-8-15)18-11-17(13-24-18)23-12-16-9-10-22-19(21-4)25-16/h5-11,18,23-24H,12-13H2,1-4H3,(H,21,22,25). The molecule has 2 heterocycles. The van der Waals surface area contributed by atoms with Crippen molar-refractivity contribution in [3.63, 3.8) is 0 Å². The van der Waals surface area contributed by atoms with Crippen LogP contribution < -0.4 is 16.0 Å². The van der Waals surface area contributed by atoms with E-state index in [4.69, 9.17) is 0 Å². The van der Waals surface area contributed by atoms with Gasteiger partial charge in [0.05, 0.1) is 18.3 Å². The third kappa shape index (κ3) is 4.37. The summed E-state index contributed by atoms with van der Waals surface area (Å²) in [7, 11) is 1.82. The smallest absolute Gasteiger partial charge is 0.222 e. The third-order valence-electron chi connectivity index (χ3n) is 4.45. The van der Waals surface area contributed by atoms with Crippen molar-refractivity contribution in [3.05, 3.63) is 65.1 Å². The maximum absolute atomic E-state index is 4.43. The van der Waals surface area contributed by atoms with Crippen LogP contribution in [0.2, 0.25) is 0 Å². The van der Waals surface area contributed by atoms with Crippen LogP contribution in [0.4, 0.5) is 5.95 Å². The van der Waals surface area contributed by atoms with Crippen molar-refractivity contribution in [2.75, 3.05) is 18.9 Å². The molecule has 0 radical (unpaired) electrons. The Morgan fingerprint density at radius 3 is 2.60 bits per heavy atom. The molecule has 3 rings (SSSR count). The highest BCUT2D eigenvalue weighted by Crippen LogP contribution is 2.26. The number of hydrogen-bond acceptors (Lipinski definition) is 5. The van der Waals surface area contributed by atoms with E-state index in [0.717, 1.165) is 12.2 Å². The molecule has 1 aliphatic rings. The number of nitrogens with zero attached hydrogens (tertiary/aromatic N) is 2. The van der Waals surface area contributed by atoms with Gasteiger partial charge in [-0.2, -0.15) is 0 Å². The van der Waals surface area contributed by atoms with Crippen LogP contribution in [0, 0.1) is 0 Å². The Labute approximate surface area is 150 Å². The summed E-state index contributed by atoms with van der Waals surface area (Å²) in [5.41, 5.74) is 5.02. The Balaban J connectivity index is 1.62. The lowest BCUT2D eigenvalue weighted by Gasteiger charge is -2.20. The molecule has 1 unspecified atom stereocenters. The molecule has 0 saturated heterocycles. The maximum atomic E-state index is 4.43. The third-order valence-corrected chi connectivity index (χ3v) is 4.45. The molecule has 0 aliphatic carbocycles. The highest BCUT2D eigenvalue weighted by molar-refractivity contribution is 5.33. The highest BCUT2D eigenvalue weighted by Gasteiger charge is 2.18. The fourth-order valence-corrected chi connectivity index (χ4v) is 2.88. The molecule has 0 saturated carbocycles. The number of benzene rings is 1. The highest BCUT2D eigenvalue weighted by atomic mass is 15.1. The van der Waals surface area contributed by atoms with Gasteiger partial charge in [0.25, 0.3) is 0 Å². The molecule has 5 nitrogen and oxygen atoms in total. The number of aromatic nitrogens is 2. The molecule has 25 heavy (non-hydrogen) atoms. The van der Waals surface area contributed by atoms with Crippen LogP contribution in [0.15, 0.2) is 48.3 Å². The van der Waals surface area contributed by atoms with E-state index in [0.29, 0.717) is 12.5 Å². The zero-order chi connectivity index (χ0) is 17.9. The van der Waals surface area contributed by atoms with E-state index in [1.807, 2.05) is 13.1 Å². The molecule has 0 fully saturated rings. The van der Waals surface area contributed by atoms with Gasteiger partial charge >= 0.3 is 0 Å². The Bertz CT molecular complexity index is 743. The number of anilines is 1. The Morgan fingerprint density at radius 1 is 1.16 bits per heavy atom. The van der Waals surface area contributed by atoms with Crippen molar-refractivity contribution in [2.24, 2.45) is 0 Å². The van der Waals surface area contributed by atoms with E-state index in [9.17, 15) is 0 Å². The molecule has 0 bridgehead atoms. The molecule has 1 aliphatic heterocycles. The van der Waals surface area contributed by atoms with Gasteiger partial charge < -0.3 is 16.0 Å². The molecular weight excluding hydrogens is 310 g/mol. The Kier molecular flexibility index (Phi) is 5.04. The van der Waals surface area contributed by atoms with Gasteiger partial charge in [0.15, 0.2) is 0 Å². The lowest BCUT2D eigenvalue weighted by molar-refractivity contribution is 0.589. The fourth-order valence-electron chi connectivity index (χ4n) is 2.88. The molecule has 3 N–H and O–H groups in total. The van der Waals surface area contributed by atoms with E-state index >= 15 is 0 Å². The summed E-state index contributed by atoms with van der Waals surface area (Å²) in [6.07, 6.45) is 4.03. The number of hydrogen-bond donors (Lipinski definition) is 3. The second-order valence-corrected chi connectivity index (χ2v) is 7.40.